The lowest BCUT2D eigenvalue weighted by Gasteiger charge is -2.05. The van der Waals surface area contributed by atoms with E-state index >= 15 is 0 Å². The Bertz CT molecular complexity index is 979. The fourth-order valence-electron chi connectivity index (χ4n) is 2.74. The molecule has 0 saturated heterocycles. The summed E-state index contributed by atoms with van der Waals surface area (Å²) in [4.78, 5) is 25.2. The van der Waals surface area contributed by atoms with Crippen molar-refractivity contribution in [1.82, 2.24) is 15.1 Å². The van der Waals surface area contributed by atoms with Gasteiger partial charge < -0.3 is 10.1 Å². The number of nitrogens with one attached hydrogen (secondary N) is 1. The van der Waals surface area contributed by atoms with Crippen LogP contribution in [0, 0.1) is 12.7 Å². The second kappa shape index (κ2) is 8.97. The van der Waals surface area contributed by atoms with E-state index in [1.165, 1.54) is 23.5 Å². The number of aryl methyl sites for hydroxylation is 1. The first-order valence-corrected chi connectivity index (χ1v) is 9.94. The Morgan fingerprint density at radius 3 is 2.75 bits per heavy atom. The van der Waals surface area contributed by atoms with E-state index in [1.807, 2.05) is 13.8 Å². The van der Waals surface area contributed by atoms with Crippen LogP contribution < -0.4 is 5.32 Å². The van der Waals surface area contributed by atoms with E-state index in [-0.39, 0.29) is 18.3 Å². The van der Waals surface area contributed by atoms with Gasteiger partial charge in [0.1, 0.15) is 15.5 Å². The number of ether oxygens (including phenoxy) is 1. The smallest absolute Gasteiger partial charge is 0.348 e. The maximum absolute atomic E-state index is 13.1. The average molecular weight is 403 g/mol. The molecule has 0 spiro atoms. The third kappa shape index (κ3) is 4.75. The molecule has 3 aromatic rings. The standard InChI is InChI=1S/C20H22FN3O3S/c1-3-4-9-22-18(25)12-27-20(26)17-10-16-13(2)23-24(19(16)28-17)11-14-5-7-15(21)8-6-14/h5-8,10H,3-4,9,11-12H2,1-2H3,(H,22,25). The number of hydrogen-bond donors (Lipinski definition) is 1. The lowest BCUT2D eigenvalue weighted by molar-refractivity contribution is -0.124. The van der Waals surface area contributed by atoms with Crippen LogP contribution in [-0.2, 0) is 16.1 Å². The van der Waals surface area contributed by atoms with Crippen LogP contribution in [0.2, 0.25) is 0 Å². The van der Waals surface area contributed by atoms with Crippen LogP contribution in [0.5, 0.6) is 0 Å². The molecule has 1 aromatic carbocycles. The van der Waals surface area contributed by atoms with Gasteiger partial charge in [-0.3, -0.25) is 9.48 Å². The van der Waals surface area contributed by atoms with Gasteiger partial charge in [-0.15, -0.1) is 11.3 Å². The van der Waals surface area contributed by atoms with Crippen molar-refractivity contribution < 1.29 is 18.7 Å². The third-order valence-electron chi connectivity index (χ3n) is 4.24. The van der Waals surface area contributed by atoms with Gasteiger partial charge in [0, 0.05) is 11.9 Å². The summed E-state index contributed by atoms with van der Waals surface area (Å²) in [5.41, 5.74) is 1.71. The fraction of sp³-hybridized carbons (Fsp3) is 0.350. The zero-order chi connectivity index (χ0) is 20.1. The van der Waals surface area contributed by atoms with Crippen molar-refractivity contribution in [3.8, 4) is 0 Å². The van der Waals surface area contributed by atoms with Gasteiger partial charge in [-0.1, -0.05) is 25.5 Å². The molecular weight excluding hydrogens is 381 g/mol. The first-order valence-electron chi connectivity index (χ1n) is 9.13. The van der Waals surface area contributed by atoms with Crippen LogP contribution >= 0.6 is 11.3 Å². The first kappa shape index (κ1) is 20.0. The average Bonchev–Trinajstić information content (AvgIpc) is 3.23. The minimum absolute atomic E-state index is 0.287. The number of rotatable bonds is 8. The Morgan fingerprint density at radius 1 is 1.29 bits per heavy atom. The predicted molar refractivity (Wildman–Crippen MR) is 106 cm³/mol. The number of amides is 1. The maximum atomic E-state index is 13.1. The van der Waals surface area contributed by atoms with Crippen molar-refractivity contribution in [1.29, 1.82) is 0 Å². The molecule has 0 aliphatic carbocycles. The molecule has 0 radical (unpaired) electrons. The number of thiophene rings is 1. The summed E-state index contributed by atoms with van der Waals surface area (Å²) < 4.78 is 20.0. The van der Waals surface area contributed by atoms with E-state index in [2.05, 4.69) is 10.4 Å². The lowest BCUT2D eigenvalue weighted by Crippen LogP contribution is -2.29. The van der Waals surface area contributed by atoms with E-state index in [0.717, 1.165) is 34.3 Å². The second-order valence-corrected chi connectivity index (χ2v) is 7.51. The van der Waals surface area contributed by atoms with Crippen molar-refractivity contribution in [2.24, 2.45) is 0 Å². The molecule has 0 bridgehead atoms. The third-order valence-corrected chi connectivity index (χ3v) is 5.37. The van der Waals surface area contributed by atoms with Gasteiger partial charge in [0.05, 0.1) is 12.2 Å². The summed E-state index contributed by atoms with van der Waals surface area (Å²) >= 11 is 1.27. The maximum Gasteiger partial charge on any atom is 0.348 e. The molecule has 0 atom stereocenters. The number of nitrogens with zero attached hydrogens (tertiary/aromatic N) is 2. The molecule has 0 unspecified atom stereocenters. The molecule has 2 heterocycles. The van der Waals surface area contributed by atoms with E-state index < -0.39 is 5.97 Å². The van der Waals surface area contributed by atoms with Crippen molar-refractivity contribution in [3.05, 3.63) is 52.3 Å². The van der Waals surface area contributed by atoms with Crippen LogP contribution in [0.15, 0.2) is 30.3 Å². The van der Waals surface area contributed by atoms with Gasteiger partial charge in [0.2, 0.25) is 0 Å². The largest absolute Gasteiger partial charge is 0.451 e. The number of carbonyl (C=O) groups is 2. The number of aromatic nitrogens is 2. The number of hydrogen-bond acceptors (Lipinski definition) is 5. The first-order chi connectivity index (χ1) is 13.5. The highest BCUT2D eigenvalue weighted by Crippen LogP contribution is 2.29. The van der Waals surface area contributed by atoms with Gasteiger partial charge in [-0.25, -0.2) is 9.18 Å². The van der Waals surface area contributed by atoms with Crippen LogP contribution in [-0.4, -0.2) is 34.8 Å². The Balaban J connectivity index is 1.69. The van der Waals surface area contributed by atoms with E-state index in [1.54, 1.807) is 22.9 Å². The summed E-state index contributed by atoms with van der Waals surface area (Å²) in [6.07, 6.45) is 1.87. The van der Waals surface area contributed by atoms with Crippen LogP contribution in [0.1, 0.15) is 40.7 Å². The minimum Gasteiger partial charge on any atom is -0.451 e. The number of carbonyl (C=O) groups excluding carboxylic acids is 2. The van der Waals surface area contributed by atoms with Crippen molar-refractivity contribution >= 4 is 33.4 Å². The van der Waals surface area contributed by atoms with E-state index in [9.17, 15) is 14.0 Å². The molecule has 1 amide bonds. The summed E-state index contributed by atoms with van der Waals surface area (Å²) in [6, 6.07) is 7.97. The van der Waals surface area contributed by atoms with Gasteiger partial charge in [-0.05, 0) is 37.1 Å². The molecule has 1 N–H and O–H groups in total. The Hall–Kier alpha value is -2.74. The predicted octanol–water partition coefficient (Wildman–Crippen LogP) is 3.67. The highest BCUT2D eigenvalue weighted by Gasteiger charge is 2.18. The normalized spacial score (nSPS) is 11.0. The molecule has 8 heteroatoms. The molecule has 0 saturated carbocycles. The van der Waals surface area contributed by atoms with Gasteiger partial charge in [-0.2, -0.15) is 5.10 Å². The molecule has 3 rings (SSSR count). The Morgan fingerprint density at radius 2 is 2.04 bits per heavy atom. The van der Waals surface area contributed by atoms with Gasteiger partial charge in [0.25, 0.3) is 5.91 Å². The summed E-state index contributed by atoms with van der Waals surface area (Å²) in [7, 11) is 0. The number of esters is 1. The van der Waals surface area contributed by atoms with Crippen molar-refractivity contribution in [2.75, 3.05) is 13.2 Å². The van der Waals surface area contributed by atoms with Gasteiger partial charge >= 0.3 is 5.97 Å². The zero-order valence-corrected chi connectivity index (χ0v) is 16.6. The molecule has 28 heavy (non-hydrogen) atoms. The fourth-order valence-corrected chi connectivity index (χ4v) is 3.80. The number of unbranched alkanes of at least 4 members (excludes halogenated alkanes) is 1. The quantitative estimate of drug-likeness (QED) is 0.460. The minimum atomic E-state index is -0.528. The topological polar surface area (TPSA) is 73.2 Å². The SMILES string of the molecule is CCCCNC(=O)COC(=O)c1cc2c(C)nn(Cc3ccc(F)cc3)c2s1. The number of fused-ring (bicyclic) bond motifs is 1. The number of benzene rings is 1. The molecule has 0 aliphatic heterocycles. The Kier molecular flexibility index (Phi) is 6.41. The highest BCUT2D eigenvalue weighted by atomic mass is 32.1. The molecule has 0 fully saturated rings. The van der Waals surface area contributed by atoms with E-state index in [0.29, 0.717) is 18.0 Å². The summed E-state index contributed by atoms with van der Waals surface area (Å²) in [6.45, 7) is 4.66. The van der Waals surface area contributed by atoms with Gasteiger partial charge in [0.15, 0.2) is 6.61 Å². The van der Waals surface area contributed by atoms with Crippen molar-refractivity contribution in [3.63, 3.8) is 0 Å². The monoisotopic (exact) mass is 403 g/mol. The Labute approximate surface area is 166 Å². The van der Waals surface area contributed by atoms with Crippen LogP contribution in [0.4, 0.5) is 4.39 Å². The van der Waals surface area contributed by atoms with Crippen molar-refractivity contribution in [2.45, 2.75) is 33.2 Å². The molecule has 148 valence electrons. The lowest BCUT2D eigenvalue weighted by atomic mass is 10.2. The van der Waals surface area contributed by atoms with Crippen LogP contribution in [0.3, 0.4) is 0 Å². The molecular formula is C20H22FN3O3S. The van der Waals surface area contributed by atoms with Crippen LogP contribution in [0.25, 0.3) is 10.2 Å². The van der Waals surface area contributed by atoms with E-state index in [4.69, 9.17) is 4.74 Å². The summed E-state index contributed by atoms with van der Waals surface area (Å²) in [5, 5.41) is 8.08. The zero-order valence-electron chi connectivity index (χ0n) is 15.8. The molecule has 2 aromatic heterocycles. The molecule has 0 aliphatic rings. The number of halogens is 1. The highest BCUT2D eigenvalue weighted by molar-refractivity contribution is 7.20. The molecule has 6 nitrogen and oxygen atoms in total. The second-order valence-electron chi connectivity index (χ2n) is 6.48. The summed E-state index contributed by atoms with van der Waals surface area (Å²) in [5.74, 6) is -1.12.